The second-order valence-corrected chi connectivity index (χ2v) is 5.78. The lowest BCUT2D eigenvalue weighted by atomic mass is 9.86. The zero-order chi connectivity index (χ0) is 18.6. The molecule has 1 aliphatic rings. The van der Waals surface area contributed by atoms with Crippen LogP contribution in [0.15, 0.2) is 46.9 Å². The molecule has 1 atom stereocenters. The molecular formula is C15H10N5O6-. The normalized spacial score (nSPS) is 16.4. The highest BCUT2D eigenvalue weighted by atomic mass is 16.8. The lowest BCUT2D eigenvalue weighted by Gasteiger charge is -2.16. The number of aryl methyl sites for hydroxylation is 1. The molecule has 0 radical (unpaired) electrons. The number of benzene rings is 1. The fraction of sp³-hybridized carbons (Fsp3) is 0.133. The molecule has 3 aromatic rings. The molecular weight excluding hydrogens is 346 g/mol. The first-order chi connectivity index (χ1) is 12.4. The SMILES string of the molecule is Cn1cc(C2C([N+](=O)[O-])=CC(=[N+]([O-])[O-])c3no[n+]([O-])c32)c2ccccc21. The zero-order valence-electron chi connectivity index (χ0n) is 13.2. The van der Waals surface area contributed by atoms with Crippen molar-refractivity contribution in [3.8, 4) is 0 Å². The van der Waals surface area contributed by atoms with Crippen LogP contribution in [0.2, 0.25) is 0 Å². The van der Waals surface area contributed by atoms with Gasteiger partial charge in [0.25, 0.3) is 11.4 Å². The second kappa shape index (κ2) is 5.31. The summed E-state index contributed by atoms with van der Waals surface area (Å²) in [5, 5.41) is 50.4. The summed E-state index contributed by atoms with van der Waals surface area (Å²) in [6.07, 6.45) is 2.48. The summed E-state index contributed by atoms with van der Waals surface area (Å²) in [6.45, 7) is 0. The van der Waals surface area contributed by atoms with Gasteiger partial charge in [0.15, 0.2) is 0 Å². The first-order valence-corrected chi connectivity index (χ1v) is 7.41. The molecule has 11 nitrogen and oxygen atoms in total. The van der Waals surface area contributed by atoms with Crippen LogP contribution in [-0.4, -0.2) is 25.3 Å². The Bertz CT molecular complexity index is 1120. The molecule has 1 aliphatic carbocycles. The van der Waals surface area contributed by atoms with E-state index < -0.39 is 27.2 Å². The average Bonchev–Trinajstić information content (AvgIpc) is 3.15. The first-order valence-electron chi connectivity index (χ1n) is 7.41. The molecule has 0 spiro atoms. The van der Waals surface area contributed by atoms with E-state index in [2.05, 4.69) is 9.79 Å². The van der Waals surface area contributed by atoms with Crippen molar-refractivity contribution in [2.24, 2.45) is 7.05 Å². The van der Waals surface area contributed by atoms with E-state index in [0.29, 0.717) is 10.9 Å². The minimum Gasteiger partial charge on any atom is -0.612 e. The Labute approximate surface area is 144 Å². The van der Waals surface area contributed by atoms with E-state index in [4.69, 9.17) is 0 Å². The highest BCUT2D eigenvalue weighted by Crippen LogP contribution is 2.39. The molecule has 2 aromatic heterocycles. The summed E-state index contributed by atoms with van der Waals surface area (Å²) in [6, 6.07) is 7.16. The van der Waals surface area contributed by atoms with E-state index in [0.717, 1.165) is 11.6 Å². The van der Waals surface area contributed by atoms with Crippen LogP contribution in [-0.2, 0) is 7.05 Å². The van der Waals surface area contributed by atoms with Crippen molar-refractivity contribution in [1.82, 2.24) is 9.72 Å². The van der Waals surface area contributed by atoms with Crippen LogP contribution in [0.4, 0.5) is 0 Å². The van der Waals surface area contributed by atoms with Gasteiger partial charge in [0, 0.05) is 24.1 Å². The molecule has 2 heterocycles. The fourth-order valence-electron chi connectivity index (χ4n) is 3.31. The summed E-state index contributed by atoms with van der Waals surface area (Å²) < 4.78 is 6.28. The Morgan fingerprint density at radius 1 is 1.27 bits per heavy atom. The smallest absolute Gasteiger partial charge is 0.318 e. The molecule has 0 saturated carbocycles. The molecule has 0 bridgehead atoms. The van der Waals surface area contributed by atoms with Crippen molar-refractivity contribution in [2.75, 3.05) is 0 Å². The van der Waals surface area contributed by atoms with Gasteiger partial charge in [0.05, 0.1) is 16.2 Å². The molecule has 1 unspecified atom stereocenters. The Balaban J connectivity index is 2.08. The fourth-order valence-corrected chi connectivity index (χ4v) is 3.31. The minimum absolute atomic E-state index is 0.0121. The van der Waals surface area contributed by atoms with E-state index >= 15 is 0 Å². The molecule has 0 fully saturated rings. The average molecular weight is 356 g/mol. The van der Waals surface area contributed by atoms with Crippen LogP contribution < -0.4 is 4.90 Å². The summed E-state index contributed by atoms with van der Waals surface area (Å²) >= 11 is 0. The van der Waals surface area contributed by atoms with Crippen LogP contribution in [0.5, 0.6) is 0 Å². The van der Waals surface area contributed by atoms with Crippen molar-refractivity contribution in [3.63, 3.8) is 0 Å². The van der Waals surface area contributed by atoms with Gasteiger partial charge in [-0.15, -0.1) is 0 Å². The van der Waals surface area contributed by atoms with Gasteiger partial charge in [-0.25, -0.2) is 0 Å². The Hall–Kier alpha value is -3.89. The summed E-state index contributed by atoms with van der Waals surface area (Å²) in [4.78, 5) is 10.1. The lowest BCUT2D eigenvalue weighted by Crippen LogP contribution is -2.36. The monoisotopic (exact) mass is 356 g/mol. The van der Waals surface area contributed by atoms with Crippen molar-refractivity contribution >= 4 is 16.6 Å². The quantitative estimate of drug-likeness (QED) is 0.376. The number of hydrogen-bond donors (Lipinski definition) is 0. The van der Waals surface area contributed by atoms with Gasteiger partial charge >= 0.3 is 5.69 Å². The van der Waals surface area contributed by atoms with E-state index in [-0.39, 0.29) is 16.3 Å². The standard InChI is InChI=1S/C15H10N5O6/c1-17-7-9(8-4-2-3-5-10(8)17)13-11(18(21)22)6-12(19(23)24)14-15(13)20(25)26-16-14/h2-7,13H,1H3/q-1. The van der Waals surface area contributed by atoms with Crippen LogP contribution in [0.25, 0.3) is 10.9 Å². The Morgan fingerprint density at radius 3 is 2.69 bits per heavy atom. The topological polar surface area (TPSA) is 150 Å². The van der Waals surface area contributed by atoms with Crippen LogP contribution in [0.1, 0.15) is 22.9 Å². The number of aromatic nitrogens is 3. The predicted octanol–water partition coefficient (Wildman–Crippen LogP) is 0.903. The minimum atomic E-state index is -1.15. The highest BCUT2D eigenvalue weighted by Gasteiger charge is 2.47. The Kier molecular flexibility index (Phi) is 3.19. The van der Waals surface area contributed by atoms with Crippen LogP contribution in [0, 0.1) is 25.7 Å². The maximum Gasteiger partial charge on any atom is 0.318 e. The van der Waals surface area contributed by atoms with Gasteiger partial charge in [-0.05, 0) is 16.5 Å². The summed E-state index contributed by atoms with van der Waals surface area (Å²) in [7, 11) is 1.76. The number of para-hydroxylation sites is 1. The maximum absolute atomic E-state index is 12.1. The number of allylic oxidation sites excluding steroid dienone is 2. The molecule has 26 heavy (non-hydrogen) atoms. The van der Waals surface area contributed by atoms with E-state index in [1.165, 1.54) is 0 Å². The van der Waals surface area contributed by atoms with E-state index in [1.807, 2.05) is 12.1 Å². The first kappa shape index (κ1) is 15.6. The highest BCUT2D eigenvalue weighted by molar-refractivity contribution is 6.06. The number of fused-ring (bicyclic) bond motifs is 2. The summed E-state index contributed by atoms with van der Waals surface area (Å²) in [5.41, 5.74) is -0.474. The van der Waals surface area contributed by atoms with Gasteiger partial charge in [0.2, 0.25) is 5.69 Å². The van der Waals surface area contributed by atoms with Crippen LogP contribution >= 0.6 is 0 Å². The van der Waals surface area contributed by atoms with Gasteiger partial charge in [-0.3, -0.25) is 14.7 Å². The van der Waals surface area contributed by atoms with Gasteiger partial charge in [-0.2, -0.15) is 4.90 Å². The van der Waals surface area contributed by atoms with Gasteiger partial charge in [0.1, 0.15) is 5.92 Å². The van der Waals surface area contributed by atoms with Crippen molar-refractivity contribution in [3.05, 3.63) is 84.9 Å². The number of hydrogen-bond acceptors (Lipinski definition) is 7. The molecule has 11 heteroatoms. The van der Waals surface area contributed by atoms with Gasteiger partial charge < -0.3 is 20.2 Å². The Morgan fingerprint density at radius 2 is 2.00 bits per heavy atom. The number of nitro groups is 1. The van der Waals surface area contributed by atoms with E-state index in [1.54, 1.807) is 29.9 Å². The molecule has 0 aliphatic heterocycles. The number of rotatable bonds is 2. The number of nitrogens with zero attached hydrogens (tertiary/aromatic N) is 5. The van der Waals surface area contributed by atoms with E-state index in [9.17, 15) is 25.7 Å². The predicted molar refractivity (Wildman–Crippen MR) is 86.4 cm³/mol. The third kappa shape index (κ3) is 2.03. The third-order valence-corrected chi connectivity index (χ3v) is 4.39. The zero-order valence-corrected chi connectivity index (χ0v) is 13.2. The summed E-state index contributed by atoms with van der Waals surface area (Å²) in [5.74, 6) is -1.15. The molecule has 0 saturated heterocycles. The van der Waals surface area contributed by atoms with Gasteiger partial charge in [-0.1, -0.05) is 18.2 Å². The third-order valence-electron chi connectivity index (χ3n) is 4.39. The second-order valence-electron chi connectivity index (χ2n) is 5.78. The maximum atomic E-state index is 12.1. The molecule has 0 N–H and O–H groups in total. The van der Waals surface area contributed by atoms with Crippen LogP contribution in [0.3, 0.4) is 0 Å². The largest absolute Gasteiger partial charge is 0.612 e. The van der Waals surface area contributed by atoms with Crippen molar-refractivity contribution in [1.29, 1.82) is 0 Å². The molecule has 0 amide bonds. The molecule has 4 rings (SSSR count). The van der Waals surface area contributed by atoms with Crippen molar-refractivity contribution < 1.29 is 19.4 Å². The van der Waals surface area contributed by atoms with Crippen molar-refractivity contribution in [2.45, 2.75) is 5.92 Å². The molecule has 1 aromatic carbocycles. The lowest BCUT2D eigenvalue weighted by molar-refractivity contribution is -0.808. The molecule has 132 valence electrons.